The van der Waals surface area contributed by atoms with E-state index in [1.807, 2.05) is 29.2 Å². The Bertz CT molecular complexity index is 563. The molecule has 1 heterocycles. The summed E-state index contributed by atoms with van der Waals surface area (Å²) >= 11 is 0. The quantitative estimate of drug-likeness (QED) is 0.619. The predicted molar refractivity (Wildman–Crippen MR) is 92.6 cm³/mol. The number of carbonyl (C=O) groups excluding carboxylic acids is 2. The van der Waals surface area contributed by atoms with Gasteiger partial charge in [0, 0.05) is 31.3 Å². The summed E-state index contributed by atoms with van der Waals surface area (Å²) in [6.45, 7) is 5.50. The lowest BCUT2D eigenvalue weighted by Crippen LogP contribution is -2.33. The highest BCUT2D eigenvalue weighted by atomic mass is 16.2. The van der Waals surface area contributed by atoms with Crippen molar-refractivity contribution in [3.63, 3.8) is 0 Å². The van der Waals surface area contributed by atoms with Crippen LogP contribution in [0.15, 0.2) is 36.4 Å². The van der Waals surface area contributed by atoms with Crippen LogP contribution >= 0.6 is 0 Å². The summed E-state index contributed by atoms with van der Waals surface area (Å²) < 4.78 is 0. The summed E-state index contributed by atoms with van der Waals surface area (Å²) in [7, 11) is 2.07. The van der Waals surface area contributed by atoms with Crippen LogP contribution in [0.3, 0.4) is 0 Å². The molecular weight excluding hydrogens is 288 g/mol. The average molecular weight is 314 g/mol. The molecular formula is C19H26N2O2. The summed E-state index contributed by atoms with van der Waals surface area (Å²) in [5, 5.41) is 0. The molecule has 0 atom stereocenters. The SMILES string of the molecule is CCCc1ccc(C(=O)C=CC(=O)N2CCCN(C)CC2)cc1. The second kappa shape index (κ2) is 8.63. The van der Waals surface area contributed by atoms with Crippen molar-refractivity contribution in [1.29, 1.82) is 0 Å². The van der Waals surface area contributed by atoms with E-state index in [1.54, 1.807) is 0 Å². The van der Waals surface area contributed by atoms with Gasteiger partial charge >= 0.3 is 0 Å². The van der Waals surface area contributed by atoms with Crippen LogP contribution < -0.4 is 0 Å². The van der Waals surface area contributed by atoms with E-state index in [-0.39, 0.29) is 11.7 Å². The van der Waals surface area contributed by atoms with E-state index in [0.717, 1.165) is 45.4 Å². The Morgan fingerprint density at radius 1 is 1.04 bits per heavy atom. The van der Waals surface area contributed by atoms with Gasteiger partial charge in [0.15, 0.2) is 5.78 Å². The molecule has 1 saturated heterocycles. The van der Waals surface area contributed by atoms with Crippen molar-refractivity contribution >= 4 is 11.7 Å². The number of hydrogen-bond acceptors (Lipinski definition) is 3. The second-order valence-corrected chi connectivity index (χ2v) is 6.13. The van der Waals surface area contributed by atoms with Gasteiger partial charge in [0.05, 0.1) is 0 Å². The number of nitrogens with zero attached hydrogens (tertiary/aromatic N) is 2. The summed E-state index contributed by atoms with van der Waals surface area (Å²) in [6.07, 6.45) is 5.89. The largest absolute Gasteiger partial charge is 0.338 e. The molecule has 2 rings (SSSR count). The number of carbonyl (C=O) groups is 2. The molecule has 0 N–H and O–H groups in total. The highest BCUT2D eigenvalue weighted by molar-refractivity contribution is 6.07. The van der Waals surface area contributed by atoms with Crippen LogP contribution in [-0.2, 0) is 11.2 Å². The zero-order chi connectivity index (χ0) is 16.7. The monoisotopic (exact) mass is 314 g/mol. The fourth-order valence-corrected chi connectivity index (χ4v) is 2.74. The summed E-state index contributed by atoms with van der Waals surface area (Å²) in [4.78, 5) is 28.4. The number of ketones is 1. The lowest BCUT2D eigenvalue weighted by molar-refractivity contribution is -0.125. The number of hydrogen-bond donors (Lipinski definition) is 0. The van der Waals surface area contributed by atoms with Gasteiger partial charge in [0.1, 0.15) is 0 Å². The second-order valence-electron chi connectivity index (χ2n) is 6.13. The van der Waals surface area contributed by atoms with Gasteiger partial charge in [0.2, 0.25) is 5.91 Å². The van der Waals surface area contributed by atoms with E-state index in [9.17, 15) is 9.59 Å². The van der Waals surface area contributed by atoms with Gasteiger partial charge in [0.25, 0.3) is 0 Å². The molecule has 1 amide bonds. The van der Waals surface area contributed by atoms with Crippen LogP contribution in [0.4, 0.5) is 0 Å². The minimum atomic E-state index is -0.117. The van der Waals surface area contributed by atoms with Crippen molar-refractivity contribution in [3.05, 3.63) is 47.5 Å². The first-order chi connectivity index (χ1) is 11.1. The summed E-state index contributed by atoms with van der Waals surface area (Å²) in [6, 6.07) is 7.64. The molecule has 4 heteroatoms. The molecule has 0 radical (unpaired) electrons. The van der Waals surface area contributed by atoms with Crippen molar-refractivity contribution in [2.45, 2.75) is 26.2 Å². The van der Waals surface area contributed by atoms with Gasteiger partial charge in [-0.25, -0.2) is 0 Å². The molecule has 4 nitrogen and oxygen atoms in total. The third-order valence-corrected chi connectivity index (χ3v) is 4.19. The van der Waals surface area contributed by atoms with Crippen molar-refractivity contribution < 1.29 is 9.59 Å². The fourth-order valence-electron chi connectivity index (χ4n) is 2.74. The van der Waals surface area contributed by atoms with Gasteiger partial charge < -0.3 is 9.80 Å². The normalized spacial score (nSPS) is 16.5. The van der Waals surface area contributed by atoms with Crippen LogP contribution in [0.2, 0.25) is 0 Å². The zero-order valence-electron chi connectivity index (χ0n) is 14.1. The van der Waals surface area contributed by atoms with Gasteiger partial charge in [-0.05, 0) is 38.1 Å². The fraction of sp³-hybridized carbons (Fsp3) is 0.474. The smallest absolute Gasteiger partial charge is 0.246 e. The van der Waals surface area contributed by atoms with Crippen molar-refractivity contribution in [3.8, 4) is 0 Å². The molecule has 0 aliphatic carbocycles. The lowest BCUT2D eigenvalue weighted by atomic mass is 10.1. The molecule has 1 fully saturated rings. The molecule has 0 unspecified atom stereocenters. The number of likely N-dealkylation sites (N-methyl/N-ethyl adjacent to an activating group) is 1. The maximum absolute atomic E-state index is 12.2. The maximum atomic E-state index is 12.2. The Labute approximate surface area is 138 Å². The van der Waals surface area contributed by atoms with Gasteiger partial charge in [-0.1, -0.05) is 37.6 Å². The van der Waals surface area contributed by atoms with E-state index in [1.165, 1.54) is 17.7 Å². The van der Waals surface area contributed by atoms with E-state index >= 15 is 0 Å². The van der Waals surface area contributed by atoms with E-state index < -0.39 is 0 Å². The first-order valence-electron chi connectivity index (χ1n) is 8.39. The van der Waals surface area contributed by atoms with Gasteiger partial charge in [-0.15, -0.1) is 0 Å². The Kier molecular flexibility index (Phi) is 6.53. The van der Waals surface area contributed by atoms with Gasteiger partial charge in [-0.3, -0.25) is 9.59 Å². The number of allylic oxidation sites excluding steroid dienone is 1. The molecule has 1 aliphatic heterocycles. The number of benzene rings is 1. The first-order valence-corrected chi connectivity index (χ1v) is 8.39. The van der Waals surface area contributed by atoms with Crippen LogP contribution in [-0.4, -0.2) is 54.7 Å². The standard InChI is InChI=1S/C19H26N2O2/c1-3-5-16-6-8-17(9-7-16)18(22)10-11-19(23)21-13-4-12-20(2)14-15-21/h6-11H,3-5,12-15H2,1-2H3. The molecule has 0 saturated carbocycles. The number of rotatable bonds is 5. The number of aryl methyl sites for hydroxylation is 1. The molecule has 1 aromatic carbocycles. The Balaban J connectivity index is 1.93. The lowest BCUT2D eigenvalue weighted by Gasteiger charge is -2.18. The molecule has 0 spiro atoms. The van der Waals surface area contributed by atoms with Crippen LogP contribution in [0.1, 0.15) is 35.7 Å². The molecule has 0 aromatic heterocycles. The minimum Gasteiger partial charge on any atom is -0.338 e. The minimum absolute atomic E-state index is 0.0729. The molecule has 124 valence electrons. The third-order valence-electron chi connectivity index (χ3n) is 4.19. The van der Waals surface area contributed by atoms with Crippen LogP contribution in [0.25, 0.3) is 0 Å². The van der Waals surface area contributed by atoms with Gasteiger partial charge in [-0.2, -0.15) is 0 Å². The van der Waals surface area contributed by atoms with Crippen LogP contribution in [0.5, 0.6) is 0 Å². The zero-order valence-corrected chi connectivity index (χ0v) is 14.1. The average Bonchev–Trinajstić information content (AvgIpc) is 2.78. The molecule has 1 aromatic rings. The van der Waals surface area contributed by atoms with Crippen molar-refractivity contribution in [2.24, 2.45) is 0 Å². The highest BCUT2D eigenvalue weighted by Gasteiger charge is 2.15. The topological polar surface area (TPSA) is 40.6 Å². The number of amides is 1. The maximum Gasteiger partial charge on any atom is 0.246 e. The first kappa shape index (κ1) is 17.4. The third kappa shape index (κ3) is 5.32. The Morgan fingerprint density at radius 2 is 1.78 bits per heavy atom. The molecule has 0 bridgehead atoms. The summed E-state index contributed by atoms with van der Waals surface area (Å²) in [5.41, 5.74) is 1.86. The van der Waals surface area contributed by atoms with Crippen molar-refractivity contribution in [1.82, 2.24) is 9.80 Å². The predicted octanol–water partition coefficient (Wildman–Crippen LogP) is 2.54. The van der Waals surface area contributed by atoms with E-state index in [4.69, 9.17) is 0 Å². The van der Waals surface area contributed by atoms with E-state index in [2.05, 4.69) is 18.9 Å². The van der Waals surface area contributed by atoms with Crippen molar-refractivity contribution in [2.75, 3.05) is 33.2 Å². The molecule has 23 heavy (non-hydrogen) atoms. The summed E-state index contributed by atoms with van der Waals surface area (Å²) in [5.74, 6) is -0.190. The van der Waals surface area contributed by atoms with Crippen LogP contribution in [0, 0.1) is 0 Å². The highest BCUT2D eigenvalue weighted by Crippen LogP contribution is 2.08. The Hall–Kier alpha value is -1.94. The molecule has 1 aliphatic rings. The Morgan fingerprint density at radius 3 is 2.48 bits per heavy atom. The van der Waals surface area contributed by atoms with E-state index in [0.29, 0.717) is 5.56 Å².